The number of aromatic nitrogens is 1. The third-order valence-electron chi connectivity index (χ3n) is 2.89. The van der Waals surface area contributed by atoms with Gasteiger partial charge in [0.1, 0.15) is 5.82 Å². The molecule has 19 heavy (non-hydrogen) atoms. The molecule has 0 aliphatic rings. The number of hydrogen-bond acceptors (Lipinski definition) is 3. The van der Waals surface area contributed by atoms with Crippen molar-refractivity contribution in [2.75, 3.05) is 31.4 Å². The van der Waals surface area contributed by atoms with Crippen molar-refractivity contribution >= 4 is 22.3 Å². The summed E-state index contributed by atoms with van der Waals surface area (Å²) in [6.45, 7) is 0. The van der Waals surface area contributed by atoms with E-state index in [0.717, 1.165) is 6.07 Å². The molecule has 1 aromatic carbocycles. The first-order valence-corrected chi connectivity index (χ1v) is 5.70. The predicted molar refractivity (Wildman–Crippen MR) is 70.6 cm³/mol. The van der Waals surface area contributed by atoms with Crippen molar-refractivity contribution in [3.05, 3.63) is 30.0 Å². The molecule has 2 aromatic rings. The van der Waals surface area contributed by atoms with Crippen molar-refractivity contribution in [2.24, 2.45) is 0 Å². The normalized spacial score (nSPS) is 11.7. The quantitative estimate of drug-likeness (QED) is 0.906. The first-order valence-electron chi connectivity index (χ1n) is 5.70. The molecule has 0 aliphatic heterocycles. The standard InChI is InChI=1S/C13H14F3N3/c1-17-10-7-18-12(19(2)3)8-5-4-6-9(11(8)10)13(14,15)16/h4-7,17H,1-3H3. The molecule has 0 aliphatic carbocycles. The summed E-state index contributed by atoms with van der Waals surface area (Å²) in [6, 6.07) is 4.13. The molecule has 102 valence electrons. The fourth-order valence-electron chi connectivity index (χ4n) is 2.07. The van der Waals surface area contributed by atoms with E-state index in [1.54, 1.807) is 32.1 Å². The maximum Gasteiger partial charge on any atom is 0.417 e. The van der Waals surface area contributed by atoms with Gasteiger partial charge in [0.2, 0.25) is 0 Å². The second kappa shape index (κ2) is 4.60. The van der Waals surface area contributed by atoms with Crippen LogP contribution >= 0.6 is 0 Å². The Hall–Kier alpha value is -1.98. The number of alkyl halides is 3. The van der Waals surface area contributed by atoms with Gasteiger partial charge in [-0.2, -0.15) is 13.2 Å². The number of anilines is 2. The van der Waals surface area contributed by atoms with E-state index in [9.17, 15) is 13.2 Å². The summed E-state index contributed by atoms with van der Waals surface area (Å²) in [5.41, 5.74) is -0.284. The van der Waals surface area contributed by atoms with E-state index >= 15 is 0 Å². The summed E-state index contributed by atoms with van der Waals surface area (Å²) in [7, 11) is 5.08. The molecule has 0 unspecified atom stereocenters. The van der Waals surface area contributed by atoms with Crippen LogP contribution in [0.1, 0.15) is 5.56 Å². The van der Waals surface area contributed by atoms with E-state index in [1.165, 1.54) is 12.3 Å². The molecule has 0 saturated carbocycles. The first kappa shape index (κ1) is 13.5. The Morgan fingerprint density at radius 1 is 1.21 bits per heavy atom. The van der Waals surface area contributed by atoms with Crippen molar-refractivity contribution < 1.29 is 13.2 Å². The van der Waals surface area contributed by atoms with Crippen LogP contribution in [-0.4, -0.2) is 26.1 Å². The second-order valence-corrected chi connectivity index (χ2v) is 4.37. The van der Waals surface area contributed by atoms with Crippen LogP contribution in [0.2, 0.25) is 0 Å². The van der Waals surface area contributed by atoms with Crippen LogP contribution in [0.4, 0.5) is 24.7 Å². The lowest BCUT2D eigenvalue weighted by Gasteiger charge is -2.19. The van der Waals surface area contributed by atoms with Crippen LogP contribution in [0.3, 0.4) is 0 Å². The Morgan fingerprint density at radius 2 is 1.89 bits per heavy atom. The minimum atomic E-state index is -4.39. The zero-order valence-electron chi connectivity index (χ0n) is 10.8. The van der Waals surface area contributed by atoms with Gasteiger partial charge in [0.25, 0.3) is 0 Å². The third-order valence-corrected chi connectivity index (χ3v) is 2.89. The van der Waals surface area contributed by atoms with Gasteiger partial charge < -0.3 is 10.2 Å². The van der Waals surface area contributed by atoms with E-state index in [1.807, 2.05) is 0 Å². The van der Waals surface area contributed by atoms with Crippen molar-refractivity contribution in [2.45, 2.75) is 6.18 Å². The minimum absolute atomic E-state index is 0.149. The SMILES string of the molecule is CNc1cnc(N(C)C)c2cccc(C(F)(F)F)c12. The maximum absolute atomic E-state index is 13.1. The molecule has 6 heteroatoms. The highest BCUT2D eigenvalue weighted by Crippen LogP contribution is 2.40. The van der Waals surface area contributed by atoms with E-state index in [-0.39, 0.29) is 5.39 Å². The Kier molecular flexibility index (Phi) is 3.26. The Bertz CT molecular complexity index is 606. The molecule has 0 atom stereocenters. The molecule has 0 fully saturated rings. The predicted octanol–water partition coefficient (Wildman–Crippen LogP) is 3.36. The summed E-state index contributed by atoms with van der Waals surface area (Å²) in [4.78, 5) is 5.89. The van der Waals surface area contributed by atoms with Gasteiger partial charge in [0.05, 0.1) is 17.4 Å². The van der Waals surface area contributed by atoms with Crippen LogP contribution in [-0.2, 0) is 6.18 Å². The molecule has 0 amide bonds. The lowest BCUT2D eigenvalue weighted by Crippen LogP contribution is -2.13. The smallest absolute Gasteiger partial charge is 0.386 e. The fourth-order valence-corrected chi connectivity index (χ4v) is 2.07. The van der Waals surface area contributed by atoms with Crippen LogP contribution in [0.25, 0.3) is 10.8 Å². The molecule has 1 heterocycles. The maximum atomic E-state index is 13.1. The molecule has 0 saturated heterocycles. The van der Waals surface area contributed by atoms with Crippen molar-refractivity contribution in [1.29, 1.82) is 0 Å². The Labute approximate surface area is 109 Å². The number of pyridine rings is 1. The van der Waals surface area contributed by atoms with Gasteiger partial charge in [-0.3, -0.25) is 0 Å². The highest BCUT2D eigenvalue weighted by atomic mass is 19.4. The van der Waals surface area contributed by atoms with Crippen molar-refractivity contribution in [3.8, 4) is 0 Å². The summed E-state index contributed by atoms with van der Waals surface area (Å²) in [5.74, 6) is 0.514. The van der Waals surface area contributed by atoms with Crippen LogP contribution in [0, 0.1) is 0 Å². The number of halogens is 3. The van der Waals surface area contributed by atoms with E-state index in [0.29, 0.717) is 16.9 Å². The fraction of sp³-hybridized carbons (Fsp3) is 0.308. The zero-order chi connectivity index (χ0) is 14.2. The van der Waals surface area contributed by atoms with Crippen LogP contribution in [0.5, 0.6) is 0 Å². The molecular formula is C13H14F3N3. The van der Waals surface area contributed by atoms with Gasteiger partial charge in [0.15, 0.2) is 0 Å². The average Bonchev–Trinajstić information content (AvgIpc) is 2.35. The van der Waals surface area contributed by atoms with Crippen LogP contribution in [0.15, 0.2) is 24.4 Å². The monoisotopic (exact) mass is 269 g/mol. The molecule has 0 radical (unpaired) electrons. The number of fused-ring (bicyclic) bond motifs is 1. The molecule has 3 nitrogen and oxygen atoms in total. The Morgan fingerprint density at radius 3 is 2.42 bits per heavy atom. The molecule has 0 bridgehead atoms. The summed E-state index contributed by atoms with van der Waals surface area (Å²) in [5, 5.41) is 3.40. The molecule has 2 rings (SSSR count). The lowest BCUT2D eigenvalue weighted by atomic mass is 10.0. The van der Waals surface area contributed by atoms with Gasteiger partial charge in [0, 0.05) is 31.9 Å². The van der Waals surface area contributed by atoms with Crippen molar-refractivity contribution in [3.63, 3.8) is 0 Å². The largest absolute Gasteiger partial charge is 0.417 e. The number of nitrogens with one attached hydrogen (secondary N) is 1. The summed E-state index contributed by atoms with van der Waals surface area (Å²) >= 11 is 0. The summed E-state index contributed by atoms with van der Waals surface area (Å²) < 4.78 is 39.3. The number of hydrogen-bond donors (Lipinski definition) is 1. The van der Waals surface area contributed by atoms with Gasteiger partial charge in [-0.15, -0.1) is 0 Å². The van der Waals surface area contributed by atoms with E-state index in [4.69, 9.17) is 0 Å². The third kappa shape index (κ3) is 2.30. The lowest BCUT2D eigenvalue weighted by molar-refractivity contribution is -0.136. The van der Waals surface area contributed by atoms with E-state index < -0.39 is 11.7 Å². The van der Waals surface area contributed by atoms with Crippen LogP contribution < -0.4 is 10.2 Å². The first-order chi connectivity index (χ1) is 8.86. The highest BCUT2D eigenvalue weighted by molar-refractivity contribution is 6.02. The van der Waals surface area contributed by atoms with Gasteiger partial charge in [-0.25, -0.2) is 4.98 Å². The molecule has 0 spiro atoms. The minimum Gasteiger partial charge on any atom is -0.386 e. The highest BCUT2D eigenvalue weighted by Gasteiger charge is 2.33. The number of benzene rings is 1. The average molecular weight is 269 g/mol. The number of rotatable bonds is 2. The molecule has 1 N–H and O–H groups in total. The molecular weight excluding hydrogens is 255 g/mol. The zero-order valence-corrected chi connectivity index (χ0v) is 10.8. The van der Waals surface area contributed by atoms with E-state index in [2.05, 4.69) is 10.3 Å². The Balaban J connectivity index is 2.90. The van der Waals surface area contributed by atoms with Crippen molar-refractivity contribution in [1.82, 2.24) is 4.98 Å². The molecule has 1 aromatic heterocycles. The topological polar surface area (TPSA) is 28.2 Å². The van der Waals surface area contributed by atoms with Gasteiger partial charge in [-0.05, 0) is 6.07 Å². The second-order valence-electron chi connectivity index (χ2n) is 4.37. The summed E-state index contributed by atoms with van der Waals surface area (Å²) in [6.07, 6.45) is -2.97. The number of nitrogens with zero attached hydrogens (tertiary/aromatic N) is 2. The van der Waals surface area contributed by atoms with Gasteiger partial charge >= 0.3 is 6.18 Å². The van der Waals surface area contributed by atoms with Gasteiger partial charge in [-0.1, -0.05) is 12.1 Å².